The van der Waals surface area contributed by atoms with E-state index in [9.17, 15) is 9.59 Å². The molecule has 0 atom stereocenters. The summed E-state index contributed by atoms with van der Waals surface area (Å²) in [5.41, 5.74) is 0. The van der Waals surface area contributed by atoms with E-state index in [2.05, 4.69) is 9.64 Å². The van der Waals surface area contributed by atoms with E-state index in [1.165, 1.54) is 25.9 Å². The van der Waals surface area contributed by atoms with Gasteiger partial charge in [0.05, 0.1) is 13.2 Å². The summed E-state index contributed by atoms with van der Waals surface area (Å²) in [6, 6.07) is 0. The molecule has 0 amide bonds. The Kier molecular flexibility index (Phi) is 8.21. The molecule has 1 aliphatic rings. The molecule has 1 aliphatic heterocycles. The molecule has 5 nitrogen and oxygen atoms in total. The van der Waals surface area contributed by atoms with Crippen LogP contribution >= 0.6 is 0 Å². The molecule has 5 heteroatoms. The standard InChI is InChI=1S/C14H25NO4/c1-2-18-13(16)12-14(17)19-11-7-3-4-8-15-9-5-6-10-15/h2-12H2,1H3. The van der Waals surface area contributed by atoms with Gasteiger partial charge in [-0.3, -0.25) is 9.59 Å². The van der Waals surface area contributed by atoms with Crippen molar-refractivity contribution in [3.05, 3.63) is 0 Å². The molecule has 1 heterocycles. The predicted octanol–water partition coefficient (Wildman–Crippen LogP) is 1.75. The molecule has 0 N–H and O–H groups in total. The summed E-state index contributed by atoms with van der Waals surface area (Å²) in [5, 5.41) is 0. The van der Waals surface area contributed by atoms with Gasteiger partial charge in [-0.25, -0.2) is 0 Å². The number of likely N-dealkylation sites (tertiary alicyclic amines) is 1. The monoisotopic (exact) mass is 271 g/mol. The number of rotatable bonds is 9. The van der Waals surface area contributed by atoms with Crippen molar-refractivity contribution >= 4 is 11.9 Å². The Hall–Kier alpha value is -1.10. The van der Waals surface area contributed by atoms with Crippen molar-refractivity contribution in [3.8, 4) is 0 Å². The molecule has 0 saturated carbocycles. The van der Waals surface area contributed by atoms with Crippen LogP contribution in [0.1, 0.15) is 45.4 Å². The maximum absolute atomic E-state index is 11.2. The average Bonchev–Trinajstić information content (AvgIpc) is 2.86. The van der Waals surface area contributed by atoms with Gasteiger partial charge < -0.3 is 14.4 Å². The second-order valence-electron chi connectivity index (χ2n) is 4.81. The van der Waals surface area contributed by atoms with Crippen molar-refractivity contribution < 1.29 is 19.1 Å². The topological polar surface area (TPSA) is 55.8 Å². The smallest absolute Gasteiger partial charge is 0.317 e. The van der Waals surface area contributed by atoms with Crippen LogP contribution in [0.5, 0.6) is 0 Å². The third-order valence-electron chi connectivity index (χ3n) is 3.17. The molecule has 0 spiro atoms. The second-order valence-corrected chi connectivity index (χ2v) is 4.81. The molecule has 0 radical (unpaired) electrons. The zero-order valence-corrected chi connectivity index (χ0v) is 11.9. The van der Waals surface area contributed by atoms with Crippen LogP contribution in [0, 0.1) is 0 Å². The molecule has 0 bridgehead atoms. The van der Waals surface area contributed by atoms with E-state index in [1.54, 1.807) is 6.92 Å². The minimum absolute atomic E-state index is 0.276. The lowest BCUT2D eigenvalue weighted by Gasteiger charge is -2.13. The van der Waals surface area contributed by atoms with Crippen LogP contribution in [0.2, 0.25) is 0 Å². The van der Waals surface area contributed by atoms with Crippen LogP contribution in [-0.4, -0.2) is 49.7 Å². The van der Waals surface area contributed by atoms with Gasteiger partial charge in [-0.2, -0.15) is 0 Å². The number of carbonyl (C=O) groups excluding carboxylic acids is 2. The molecule has 1 fully saturated rings. The quantitative estimate of drug-likeness (QED) is 0.363. The lowest BCUT2D eigenvalue weighted by Crippen LogP contribution is -2.20. The molecule has 19 heavy (non-hydrogen) atoms. The molecule has 0 unspecified atom stereocenters. The number of hydrogen-bond donors (Lipinski definition) is 0. The zero-order valence-electron chi connectivity index (χ0n) is 11.9. The highest BCUT2D eigenvalue weighted by atomic mass is 16.6. The van der Waals surface area contributed by atoms with Gasteiger partial charge in [0, 0.05) is 0 Å². The third-order valence-corrected chi connectivity index (χ3v) is 3.17. The predicted molar refractivity (Wildman–Crippen MR) is 71.7 cm³/mol. The van der Waals surface area contributed by atoms with Crippen molar-refractivity contribution in [1.82, 2.24) is 4.90 Å². The number of esters is 2. The Morgan fingerprint density at radius 1 is 1.00 bits per heavy atom. The number of nitrogens with zero attached hydrogens (tertiary/aromatic N) is 1. The highest BCUT2D eigenvalue weighted by Gasteiger charge is 2.12. The minimum Gasteiger partial charge on any atom is -0.466 e. The molecule has 110 valence electrons. The van der Waals surface area contributed by atoms with Crippen molar-refractivity contribution in [2.45, 2.75) is 45.4 Å². The molecule has 0 aromatic heterocycles. The van der Waals surface area contributed by atoms with E-state index in [1.807, 2.05) is 0 Å². The van der Waals surface area contributed by atoms with E-state index in [0.29, 0.717) is 13.2 Å². The van der Waals surface area contributed by atoms with Crippen molar-refractivity contribution in [2.75, 3.05) is 32.8 Å². The van der Waals surface area contributed by atoms with E-state index in [0.717, 1.165) is 25.8 Å². The van der Waals surface area contributed by atoms with Gasteiger partial charge in [0.1, 0.15) is 6.42 Å². The second kappa shape index (κ2) is 9.78. The first-order valence-corrected chi connectivity index (χ1v) is 7.26. The Balaban J connectivity index is 1.89. The third kappa shape index (κ3) is 7.82. The van der Waals surface area contributed by atoms with Crippen LogP contribution in [0.4, 0.5) is 0 Å². The molecule has 0 aliphatic carbocycles. The van der Waals surface area contributed by atoms with Crippen molar-refractivity contribution in [1.29, 1.82) is 0 Å². The summed E-state index contributed by atoms with van der Waals surface area (Å²) in [6.45, 7) is 6.02. The molecular formula is C14H25NO4. The SMILES string of the molecule is CCOC(=O)CC(=O)OCCCCCN1CCCC1. The van der Waals surface area contributed by atoms with Crippen molar-refractivity contribution in [3.63, 3.8) is 0 Å². The van der Waals surface area contributed by atoms with E-state index < -0.39 is 11.9 Å². The van der Waals surface area contributed by atoms with Crippen LogP contribution in [0.3, 0.4) is 0 Å². The van der Waals surface area contributed by atoms with Gasteiger partial charge in [0.25, 0.3) is 0 Å². The number of ether oxygens (including phenoxy) is 2. The number of carbonyl (C=O) groups is 2. The van der Waals surface area contributed by atoms with Gasteiger partial charge >= 0.3 is 11.9 Å². The van der Waals surface area contributed by atoms with Crippen LogP contribution < -0.4 is 0 Å². The Bertz CT molecular complexity index is 275. The molecule has 0 aromatic carbocycles. The summed E-state index contributed by atoms with van der Waals surface area (Å²) in [7, 11) is 0. The average molecular weight is 271 g/mol. The highest BCUT2D eigenvalue weighted by molar-refractivity contribution is 5.91. The van der Waals surface area contributed by atoms with Gasteiger partial charge in [0.15, 0.2) is 0 Å². The molecular weight excluding hydrogens is 246 g/mol. The Morgan fingerprint density at radius 2 is 1.68 bits per heavy atom. The van der Waals surface area contributed by atoms with Gasteiger partial charge in [0.2, 0.25) is 0 Å². The Labute approximate surface area is 115 Å². The first kappa shape index (κ1) is 16.0. The lowest BCUT2D eigenvalue weighted by molar-refractivity contribution is -0.154. The van der Waals surface area contributed by atoms with Crippen LogP contribution in [-0.2, 0) is 19.1 Å². The minimum atomic E-state index is -0.512. The fourth-order valence-electron chi connectivity index (χ4n) is 2.19. The van der Waals surface area contributed by atoms with E-state index in [4.69, 9.17) is 4.74 Å². The summed E-state index contributed by atoms with van der Waals surface area (Å²) < 4.78 is 9.65. The highest BCUT2D eigenvalue weighted by Crippen LogP contribution is 2.09. The summed E-state index contributed by atoms with van der Waals surface area (Å²) >= 11 is 0. The number of hydrogen-bond acceptors (Lipinski definition) is 5. The largest absolute Gasteiger partial charge is 0.466 e. The maximum Gasteiger partial charge on any atom is 0.317 e. The summed E-state index contributed by atoms with van der Waals surface area (Å²) in [6.07, 6.45) is 5.44. The summed E-state index contributed by atoms with van der Waals surface area (Å²) in [4.78, 5) is 24.7. The fourth-order valence-corrected chi connectivity index (χ4v) is 2.19. The zero-order chi connectivity index (χ0) is 13.9. The van der Waals surface area contributed by atoms with Crippen LogP contribution in [0.25, 0.3) is 0 Å². The molecule has 0 aromatic rings. The first-order chi connectivity index (χ1) is 9.22. The van der Waals surface area contributed by atoms with E-state index >= 15 is 0 Å². The fraction of sp³-hybridized carbons (Fsp3) is 0.857. The van der Waals surface area contributed by atoms with Gasteiger partial charge in [-0.15, -0.1) is 0 Å². The van der Waals surface area contributed by atoms with Gasteiger partial charge in [-0.05, 0) is 58.7 Å². The maximum atomic E-state index is 11.2. The van der Waals surface area contributed by atoms with Gasteiger partial charge in [-0.1, -0.05) is 0 Å². The van der Waals surface area contributed by atoms with Crippen molar-refractivity contribution in [2.24, 2.45) is 0 Å². The first-order valence-electron chi connectivity index (χ1n) is 7.26. The lowest BCUT2D eigenvalue weighted by atomic mass is 10.2. The molecule has 1 rings (SSSR count). The normalized spacial score (nSPS) is 15.4. The molecule has 1 saturated heterocycles. The Morgan fingerprint density at radius 3 is 2.37 bits per heavy atom. The van der Waals surface area contributed by atoms with Crippen LogP contribution in [0.15, 0.2) is 0 Å². The number of unbranched alkanes of at least 4 members (excludes halogenated alkanes) is 2. The van der Waals surface area contributed by atoms with E-state index in [-0.39, 0.29) is 6.42 Å². The summed E-state index contributed by atoms with van der Waals surface area (Å²) in [5.74, 6) is -1.00.